The standard InChI is InChI=1S/C20H28N4O/c21-20-9-4-8-18(23-20)12-17-14-24(13-16-6-2-1-3-7-16)15-19(17)22-10-5-11-25/h1-4,6-9,17,19,22,25H,5,10-15H2,(H2,21,23). The van der Waals surface area contributed by atoms with Gasteiger partial charge in [-0.1, -0.05) is 36.4 Å². The van der Waals surface area contributed by atoms with Crippen LogP contribution < -0.4 is 11.1 Å². The molecule has 1 fully saturated rings. The zero-order valence-corrected chi connectivity index (χ0v) is 14.6. The molecule has 2 aromatic rings. The number of nitrogens with two attached hydrogens (primary N) is 1. The first kappa shape index (κ1) is 17.9. The molecule has 0 bridgehead atoms. The molecule has 2 heterocycles. The topological polar surface area (TPSA) is 74.4 Å². The molecular formula is C20H28N4O. The minimum absolute atomic E-state index is 0.231. The molecule has 0 radical (unpaired) electrons. The van der Waals surface area contributed by atoms with Crippen molar-refractivity contribution < 1.29 is 5.11 Å². The molecule has 1 saturated heterocycles. The van der Waals surface area contributed by atoms with Crippen molar-refractivity contribution in [1.82, 2.24) is 15.2 Å². The van der Waals surface area contributed by atoms with Crippen molar-refractivity contribution in [3.05, 3.63) is 59.8 Å². The van der Waals surface area contributed by atoms with Gasteiger partial charge in [0.25, 0.3) is 0 Å². The SMILES string of the molecule is Nc1cccc(CC2CN(Cc3ccccc3)CC2NCCCO)n1. The molecule has 0 amide bonds. The minimum Gasteiger partial charge on any atom is -0.396 e. The molecule has 2 atom stereocenters. The molecule has 5 nitrogen and oxygen atoms in total. The Labute approximate surface area is 149 Å². The molecule has 1 aliphatic heterocycles. The van der Waals surface area contributed by atoms with Gasteiger partial charge in [-0.15, -0.1) is 0 Å². The molecule has 2 unspecified atom stereocenters. The third-order valence-electron chi connectivity index (χ3n) is 4.81. The molecule has 5 heteroatoms. The van der Waals surface area contributed by atoms with Gasteiger partial charge in [0.2, 0.25) is 0 Å². The van der Waals surface area contributed by atoms with Crippen LogP contribution in [0.1, 0.15) is 17.7 Å². The van der Waals surface area contributed by atoms with Gasteiger partial charge in [0.1, 0.15) is 5.82 Å². The summed E-state index contributed by atoms with van der Waals surface area (Å²) in [5.41, 5.74) is 8.23. The predicted octanol–water partition coefficient (Wildman–Crippen LogP) is 1.68. The maximum absolute atomic E-state index is 9.04. The van der Waals surface area contributed by atoms with Gasteiger partial charge in [-0.25, -0.2) is 4.98 Å². The van der Waals surface area contributed by atoms with Crippen LogP contribution in [0, 0.1) is 5.92 Å². The van der Waals surface area contributed by atoms with Crippen molar-refractivity contribution in [3.8, 4) is 0 Å². The Morgan fingerprint density at radius 3 is 2.72 bits per heavy atom. The number of benzene rings is 1. The van der Waals surface area contributed by atoms with Crippen LogP contribution in [0.5, 0.6) is 0 Å². The first-order chi connectivity index (χ1) is 12.2. The molecule has 1 aromatic heterocycles. The summed E-state index contributed by atoms with van der Waals surface area (Å²) >= 11 is 0. The van der Waals surface area contributed by atoms with Gasteiger partial charge in [-0.2, -0.15) is 0 Å². The lowest BCUT2D eigenvalue weighted by molar-refractivity contribution is 0.279. The van der Waals surface area contributed by atoms with E-state index in [0.717, 1.165) is 44.7 Å². The lowest BCUT2D eigenvalue weighted by atomic mass is 9.97. The van der Waals surface area contributed by atoms with Crippen LogP contribution >= 0.6 is 0 Å². The van der Waals surface area contributed by atoms with Crippen molar-refractivity contribution >= 4 is 5.82 Å². The maximum Gasteiger partial charge on any atom is 0.123 e. The molecule has 1 aliphatic rings. The van der Waals surface area contributed by atoms with E-state index in [2.05, 4.69) is 51.6 Å². The van der Waals surface area contributed by atoms with Crippen molar-refractivity contribution in [2.45, 2.75) is 25.4 Å². The third kappa shape index (κ3) is 5.26. The van der Waals surface area contributed by atoms with E-state index in [4.69, 9.17) is 10.8 Å². The first-order valence-electron chi connectivity index (χ1n) is 9.06. The van der Waals surface area contributed by atoms with E-state index in [1.54, 1.807) is 0 Å². The fraction of sp³-hybridized carbons (Fsp3) is 0.450. The number of aromatic nitrogens is 1. The van der Waals surface area contributed by atoms with Crippen LogP contribution in [0.15, 0.2) is 48.5 Å². The van der Waals surface area contributed by atoms with Crippen LogP contribution in [-0.2, 0) is 13.0 Å². The van der Waals surface area contributed by atoms with Crippen LogP contribution in [-0.4, -0.2) is 47.3 Å². The van der Waals surface area contributed by atoms with Gasteiger partial charge in [0.15, 0.2) is 0 Å². The van der Waals surface area contributed by atoms with E-state index in [9.17, 15) is 0 Å². The highest BCUT2D eigenvalue weighted by atomic mass is 16.3. The number of hydrogen-bond acceptors (Lipinski definition) is 5. The van der Waals surface area contributed by atoms with E-state index in [1.165, 1.54) is 5.56 Å². The van der Waals surface area contributed by atoms with E-state index < -0.39 is 0 Å². The maximum atomic E-state index is 9.04. The van der Waals surface area contributed by atoms with Gasteiger partial charge in [-0.05, 0) is 43.0 Å². The second kappa shape index (κ2) is 8.94. The van der Waals surface area contributed by atoms with Crippen LogP contribution in [0.4, 0.5) is 5.82 Å². The Morgan fingerprint density at radius 2 is 1.96 bits per heavy atom. The summed E-state index contributed by atoms with van der Waals surface area (Å²) in [5.74, 6) is 1.08. The van der Waals surface area contributed by atoms with Crippen LogP contribution in [0.2, 0.25) is 0 Å². The molecule has 1 aromatic carbocycles. The molecular weight excluding hydrogens is 312 g/mol. The van der Waals surface area contributed by atoms with E-state index in [1.807, 2.05) is 12.1 Å². The van der Waals surface area contributed by atoms with E-state index in [0.29, 0.717) is 17.8 Å². The van der Waals surface area contributed by atoms with Crippen LogP contribution in [0.25, 0.3) is 0 Å². The summed E-state index contributed by atoms with van der Waals surface area (Å²) in [6.45, 7) is 4.12. The Balaban J connectivity index is 1.64. The number of anilines is 1. The number of rotatable bonds is 8. The highest BCUT2D eigenvalue weighted by molar-refractivity contribution is 5.29. The Morgan fingerprint density at radius 1 is 1.12 bits per heavy atom. The zero-order chi connectivity index (χ0) is 17.5. The number of aliphatic hydroxyl groups excluding tert-OH is 1. The highest BCUT2D eigenvalue weighted by Gasteiger charge is 2.32. The summed E-state index contributed by atoms with van der Waals surface area (Å²) in [6, 6.07) is 16.9. The normalized spacial score (nSPS) is 20.8. The Hall–Kier alpha value is -1.95. The number of pyridine rings is 1. The smallest absolute Gasteiger partial charge is 0.123 e. The number of likely N-dealkylation sites (tertiary alicyclic amines) is 1. The number of hydrogen-bond donors (Lipinski definition) is 3. The largest absolute Gasteiger partial charge is 0.396 e. The van der Waals surface area contributed by atoms with E-state index in [-0.39, 0.29) is 6.61 Å². The zero-order valence-electron chi connectivity index (χ0n) is 14.6. The van der Waals surface area contributed by atoms with Gasteiger partial charge >= 0.3 is 0 Å². The average Bonchev–Trinajstić information content (AvgIpc) is 2.97. The number of nitrogens with one attached hydrogen (secondary N) is 1. The molecule has 0 aliphatic carbocycles. The molecule has 25 heavy (non-hydrogen) atoms. The molecule has 0 spiro atoms. The molecule has 4 N–H and O–H groups in total. The van der Waals surface area contributed by atoms with Gasteiger partial charge in [-0.3, -0.25) is 4.90 Å². The monoisotopic (exact) mass is 340 g/mol. The minimum atomic E-state index is 0.231. The average molecular weight is 340 g/mol. The second-order valence-electron chi connectivity index (χ2n) is 6.84. The van der Waals surface area contributed by atoms with E-state index >= 15 is 0 Å². The quantitative estimate of drug-likeness (QED) is 0.638. The first-order valence-corrected chi connectivity index (χ1v) is 9.06. The predicted molar refractivity (Wildman–Crippen MR) is 101 cm³/mol. The Bertz CT molecular complexity index is 649. The summed E-state index contributed by atoms with van der Waals surface area (Å²) < 4.78 is 0. The fourth-order valence-electron chi connectivity index (χ4n) is 3.62. The number of nitrogen functional groups attached to an aromatic ring is 1. The van der Waals surface area contributed by atoms with Gasteiger partial charge in [0, 0.05) is 38.0 Å². The summed E-state index contributed by atoms with van der Waals surface area (Å²) in [7, 11) is 0. The van der Waals surface area contributed by atoms with Crippen molar-refractivity contribution in [3.63, 3.8) is 0 Å². The molecule has 3 rings (SSSR count). The molecule has 134 valence electrons. The van der Waals surface area contributed by atoms with Gasteiger partial charge in [0.05, 0.1) is 0 Å². The lowest BCUT2D eigenvalue weighted by Gasteiger charge is -2.19. The number of aliphatic hydroxyl groups is 1. The fourth-order valence-corrected chi connectivity index (χ4v) is 3.62. The summed E-state index contributed by atoms with van der Waals surface area (Å²) in [4.78, 5) is 6.97. The highest BCUT2D eigenvalue weighted by Crippen LogP contribution is 2.23. The summed E-state index contributed by atoms with van der Waals surface area (Å²) in [5, 5.41) is 12.7. The van der Waals surface area contributed by atoms with Crippen molar-refractivity contribution in [1.29, 1.82) is 0 Å². The Kier molecular flexibility index (Phi) is 6.39. The third-order valence-corrected chi connectivity index (χ3v) is 4.81. The summed E-state index contributed by atoms with van der Waals surface area (Å²) in [6.07, 6.45) is 1.71. The van der Waals surface area contributed by atoms with Crippen molar-refractivity contribution in [2.75, 3.05) is 32.0 Å². The number of nitrogens with zero attached hydrogens (tertiary/aromatic N) is 2. The van der Waals surface area contributed by atoms with Crippen molar-refractivity contribution in [2.24, 2.45) is 5.92 Å². The molecule has 0 saturated carbocycles. The van der Waals surface area contributed by atoms with Crippen LogP contribution in [0.3, 0.4) is 0 Å². The van der Waals surface area contributed by atoms with Gasteiger partial charge < -0.3 is 16.2 Å². The lowest BCUT2D eigenvalue weighted by Crippen LogP contribution is -2.38. The second-order valence-corrected chi connectivity index (χ2v) is 6.84.